The first kappa shape index (κ1) is 36.1. The van der Waals surface area contributed by atoms with Crippen LogP contribution in [0.2, 0.25) is 0 Å². The first-order chi connectivity index (χ1) is 31.7. The van der Waals surface area contributed by atoms with Crippen molar-refractivity contribution in [2.45, 2.75) is 6.17 Å². The van der Waals surface area contributed by atoms with Gasteiger partial charge in [0.15, 0.2) is 6.17 Å². The molecule has 1 N–H and O–H groups in total. The Bertz CT molecular complexity index is 4000. The van der Waals surface area contributed by atoms with Gasteiger partial charge in [0, 0.05) is 93.7 Å². The summed E-state index contributed by atoms with van der Waals surface area (Å²) >= 11 is 5.51. The van der Waals surface area contributed by atoms with Crippen LogP contribution in [-0.4, -0.2) is 16.2 Å². The van der Waals surface area contributed by atoms with Gasteiger partial charge in [-0.25, -0.2) is 9.98 Å². The molecule has 300 valence electrons. The number of amidine groups is 2. The molecule has 64 heavy (non-hydrogen) atoms. The molecule has 1 aliphatic rings. The topological polar surface area (TPSA) is 41.7 Å². The van der Waals surface area contributed by atoms with Gasteiger partial charge in [-0.05, 0) is 108 Å². The van der Waals surface area contributed by atoms with Crippen molar-refractivity contribution >= 4 is 128 Å². The Hall–Kier alpha value is -7.42. The number of para-hydroxylation sites is 2. The molecule has 4 aromatic heterocycles. The van der Waals surface area contributed by atoms with Gasteiger partial charge in [-0.15, -0.1) is 34.0 Å². The summed E-state index contributed by atoms with van der Waals surface area (Å²) in [6.07, 6.45) is -0.471. The lowest BCUT2D eigenvalue weighted by Crippen LogP contribution is -2.36. The van der Waals surface area contributed by atoms with Crippen molar-refractivity contribution in [3.8, 4) is 16.8 Å². The van der Waals surface area contributed by atoms with E-state index < -0.39 is 6.17 Å². The van der Waals surface area contributed by atoms with Crippen molar-refractivity contribution < 1.29 is 0 Å². The van der Waals surface area contributed by atoms with E-state index in [1.165, 1.54) is 93.4 Å². The molecule has 0 fully saturated rings. The number of nitrogens with zero attached hydrogens (tertiary/aromatic N) is 3. The maximum atomic E-state index is 5.50. The summed E-state index contributed by atoms with van der Waals surface area (Å²) in [5, 5.41) is 13.7. The number of fused-ring (bicyclic) bond motifs is 12. The van der Waals surface area contributed by atoms with Gasteiger partial charge in [0.05, 0.1) is 11.0 Å². The Morgan fingerprint density at radius 1 is 0.359 bits per heavy atom. The van der Waals surface area contributed by atoms with Crippen LogP contribution in [0.4, 0.5) is 0 Å². The summed E-state index contributed by atoms with van der Waals surface area (Å²) < 4.78 is 9.98. The fourth-order valence-electron chi connectivity index (χ4n) is 9.89. The van der Waals surface area contributed by atoms with Crippen LogP contribution in [0.15, 0.2) is 204 Å². The van der Waals surface area contributed by atoms with Crippen LogP contribution in [0.1, 0.15) is 22.9 Å². The maximum Gasteiger partial charge on any atom is 0.170 e. The summed E-state index contributed by atoms with van der Waals surface area (Å²) in [7, 11) is 0. The Morgan fingerprint density at radius 2 is 0.844 bits per heavy atom. The van der Waals surface area contributed by atoms with E-state index in [0.717, 1.165) is 34.0 Å². The van der Waals surface area contributed by atoms with Crippen molar-refractivity contribution in [3.63, 3.8) is 0 Å². The third-order valence-corrected chi connectivity index (χ3v) is 16.3. The molecule has 0 atom stereocenters. The minimum atomic E-state index is -0.471. The fourth-order valence-corrected chi connectivity index (χ4v) is 13.2. The van der Waals surface area contributed by atoms with Gasteiger partial charge in [-0.3, -0.25) is 0 Å². The molecule has 7 heteroatoms. The van der Waals surface area contributed by atoms with Crippen molar-refractivity contribution in [1.29, 1.82) is 0 Å². The summed E-state index contributed by atoms with van der Waals surface area (Å²) in [5.41, 5.74) is 9.14. The first-order valence-electron chi connectivity index (χ1n) is 21.5. The van der Waals surface area contributed by atoms with Gasteiger partial charge in [0.25, 0.3) is 0 Å². The lowest BCUT2D eigenvalue weighted by molar-refractivity contribution is 0.763. The number of hydrogen-bond donors (Lipinski definition) is 1. The maximum absolute atomic E-state index is 5.50. The van der Waals surface area contributed by atoms with Crippen LogP contribution in [0.3, 0.4) is 0 Å². The van der Waals surface area contributed by atoms with Crippen LogP contribution in [0, 0.1) is 0 Å². The summed E-state index contributed by atoms with van der Waals surface area (Å²) in [6.45, 7) is 0. The molecule has 4 nitrogen and oxygen atoms in total. The van der Waals surface area contributed by atoms with Crippen LogP contribution in [0.5, 0.6) is 0 Å². The normalized spacial score (nSPS) is 13.6. The number of aromatic nitrogens is 1. The second kappa shape index (κ2) is 14.0. The highest BCUT2D eigenvalue weighted by Crippen LogP contribution is 2.43. The SMILES string of the molecule is c1ccc(-n2c3ccccc3c3cc(-c4ccc5sc6cccc(C7N=C(c8ccc9sc%10ccccc%10c9c8)NC(c8ccc9sc%10ccccc%10c9c8)=N7)c6c5c4)ccc32)cc1. The third-order valence-electron chi connectivity index (χ3n) is 12.9. The van der Waals surface area contributed by atoms with Crippen LogP contribution >= 0.6 is 34.0 Å². The molecule has 1 aliphatic heterocycles. The van der Waals surface area contributed by atoms with E-state index in [2.05, 4.69) is 204 Å². The third kappa shape index (κ3) is 5.58. The molecule has 0 saturated carbocycles. The smallest absolute Gasteiger partial charge is 0.170 e. The van der Waals surface area contributed by atoms with Crippen molar-refractivity contribution in [3.05, 3.63) is 211 Å². The number of hydrogen-bond acceptors (Lipinski definition) is 6. The highest BCUT2D eigenvalue weighted by Gasteiger charge is 2.25. The number of thiophene rings is 3. The van der Waals surface area contributed by atoms with Crippen LogP contribution < -0.4 is 5.32 Å². The summed E-state index contributed by atoms with van der Waals surface area (Å²) in [6, 6.07) is 70.8. The average molecular weight is 871 g/mol. The second-order valence-electron chi connectivity index (χ2n) is 16.5. The van der Waals surface area contributed by atoms with Gasteiger partial charge in [0.2, 0.25) is 0 Å². The monoisotopic (exact) mass is 870 g/mol. The van der Waals surface area contributed by atoms with Crippen LogP contribution in [-0.2, 0) is 0 Å². The molecule has 0 amide bonds. The highest BCUT2D eigenvalue weighted by molar-refractivity contribution is 7.26. The molecule has 0 aliphatic carbocycles. The molecule has 5 heterocycles. The van der Waals surface area contributed by atoms with Gasteiger partial charge < -0.3 is 9.88 Å². The van der Waals surface area contributed by atoms with Gasteiger partial charge >= 0.3 is 0 Å². The Balaban J connectivity index is 0.940. The van der Waals surface area contributed by atoms with E-state index in [-0.39, 0.29) is 0 Å². The van der Waals surface area contributed by atoms with E-state index >= 15 is 0 Å². The summed E-state index contributed by atoms with van der Waals surface area (Å²) in [5.74, 6) is 1.64. The largest absolute Gasteiger partial charge is 0.324 e. The Kier molecular flexibility index (Phi) is 7.92. The van der Waals surface area contributed by atoms with E-state index in [9.17, 15) is 0 Å². The molecule has 13 aromatic rings. The Morgan fingerprint density at radius 3 is 1.53 bits per heavy atom. The highest BCUT2D eigenvalue weighted by atomic mass is 32.1. The van der Waals surface area contributed by atoms with Gasteiger partial charge in [-0.1, -0.05) is 97.1 Å². The molecule has 14 rings (SSSR count). The van der Waals surface area contributed by atoms with Crippen LogP contribution in [0.25, 0.3) is 99.1 Å². The lowest BCUT2D eigenvalue weighted by Gasteiger charge is -2.23. The summed E-state index contributed by atoms with van der Waals surface area (Å²) in [4.78, 5) is 11.0. The van der Waals surface area contributed by atoms with E-state index in [4.69, 9.17) is 9.98 Å². The van der Waals surface area contributed by atoms with Gasteiger partial charge in [0.1, 0.15) is 11.7 Å². The van der Waals surface area contributed by atoms with E-state index in [1.54, 1.807) is 0 Å². The number of rotatable bonds is 5. The quantitative estimate of drug-likeness (QED) is 0.184. The molecular formula is C57H34N4S3. The number of benzene rings is 9. The molecule has 0 saturated heterocycles. The minimum absolute atomic E-state index is 0.471. The lowest BCUT2D eigenvalue weighted by atomic mass is 9.98. The average Bonchev–Trinajstić information content (AvgIpc) is 4.12. The van der Waals surface area contributed by atoms with Gasteiger partial charge in [-0.2, -0.15) is 0 Å². The molecule has 0 radical (unpaired) electrons. The Labute approximate surface area is 379 Å². The zero-order chi connectivity index (χ0) is 41.9. The van der Waals surface area contributed by atoms with Crippen molar-refractivity contribution in [2.24, 2.45) is 9.98 Å². The molecule has 0 bridgehead atoms. The molecule has 0 spiro atoms. The minimum Gasteiger partial charge on any atom is -0.324 e. The molecule has 9 aromatic carbocycles. The van der Waals surface area contributed by atoms with E-state index in [0.29, 0.717) is 0 Å². The number of nitrogens with one attached hydrogen (secondary N) is 1. The van der Waals surface area contributed by atoms with Crippen molar-refractivity contribution in [1.82, 2.24) is 9.88 Å². The molecule has 0 unspecified atom stereocenters. The predicted octanol–water partition coefficient (Wildman–Crippen LogP) is 16.0. The van der Waals surface area contributed by atoms with Crippen molar-refractivity contribution in [2.75, 3.05) is 0 Å². The first-order valence-corrected chi connectivity index (χ1v) is 23.9. The standard InChI is InChI=1S/C57H34N4S3/c1-2-11-37(12-3-1)61-46-17-7-4-13-38(46)42-29-33(21-25-47(42)61)34-22-26-52-45(30-34)54-41(16-10-20-53(54)64-52)57-59-55(35-23-27-50-43(31-35)39-14-5-8-18-48(39)62-50)58-56(60-57)36-24-28-51-44(32-36)40-15-6-9-19-49(40)63-51/h1-32,57H,(H,58,59,60). The second-order valence-corrected chi connectivity index (χ2v) is 19.8. The fraction of sp³-hybridized carbons (Fsp3) is 0.0175. The number of aliphatic imine (C=N–C) groups is 2. The predicted molar refractivity (Wildman–Crippen MR) is 277 cm³/mol. The molecular weight excluding hydrogens is 837 g/mol. The van der Waals surface area contributed by atoms with E-state index in [1.807, 2.05) is 34.0 Å². The zero-order valence-corrected chi connectivity index (χ0v) is 36.6. The zero-order valence-electron chi connectivity index (χ0n) is 34.1.